The number of carbonyl (C=O) groups excluding carboxylic acids is 1. The van der Waals surface area contributed by atoms with Gasteiger partial charge in [-0.25, -0.2) is 0 Å². The van der Waals surface area contributed by atoms with E-state index in [0.29, 0.717) is 19.4 Å². The fourth-order valence-corrected chi connectivity index (χ4v) is 1.99. The van der Waals surface area contributed by atoms with Gasteiger partial charge in [-0.1, -0.05) is 31.5 Å². The van der Waals surface area contributed by atoms with Crippen LogP contribution in [0.2, 0.25) is 0 Å². The average Bonchev–Trinajstić information content (AvgIpc) is 2.40. The van der Waals surface area contributed by atoms with Crippen LogP contribution in [-0.2, 0) is 4.79 Å². The summed E-state index contributed by atoms with van der Waals surface area (Å²) in [6, 6.07) is 7.98. The molecular formula is C15H24N2O. The van der Waals surface area contributed by atoms with Crippen LogP contribution in [0.4, 0.5) is 5.69 Å². The third kappa shape index (κ3) is 2.91. The zero-order valence-electron chi connectivity index (χ0n) is 11.9. The van der Waals surface area contributed by atoms with Crippen molar-refractivity contribution < 1.29 is 4.79 Å². The molecule has 0 fully saturated rings. The Kier molecular flexibility index (Phi) is 4.91. The molecule has 0 saturated heterocycles. The van der Waals surface area contributed by atoms with Crippen molar-refractivity contribution in [1.82, 2.24) is 0 Å². The highest BCUT2D eigenvalue weighted by atomic mass is 16.2. The Morgan fingerprint density at radius 1 is 1.17 bits per heavy atom. The van der Waals surface area contributed by atoms with E-state index in [1.807, 2.05) is 52.0 Å². The molecule has 0 bridgehead atoms. The van der Waals surface area contributed by atoms with E-state index in [0.717, 1.165) is 5.69 Å². The maximum atomic E-state index is 12.5. The molecular weight excluding hydrogens is 224 g/mol. The number of amides is 1. The van der Waals surface area contributed by atoms with Crippen LogP contribution in [0.25, 0.3) is 0 Å². The van der Waals surface area contributed by atoms with Crippen LogP contribution in [0.5, 0.6) is 0 Å². The van der Waals surface area contributed by atoms with Gasteiger partial charge in [-0.15, -0.1) is 0 Å². The molecule has 1 aromatic rings. The Morgan fingerprint density at radius 3 is 2.06 bits per heavy atom. The molecule has 18 heavy (non-hydrogen) atoms. The van der Waals surface area contributed by atoms with E-state index in [1.165, 1.54) is 5.56 Å². The Bertz CT molecular complexity index is 393. The topological polar surface area (TPSA) is 46.3 Å². The molecule has 0 aliphatic heterocycles. The van der Waals surface area contributed by atoms with Gasteiger partial charge in [-0.3, -0.25) is 4.79 Å². The number of nitrogens with two attached hydrogens (primary N) is 1. The van der Waals surface area contributed by atoms with E-state index in [9.17, 15) is 4.79 Å². The van der Waals surface area contributed by atoms with Crippen molar-refractivity contribution in [2.75, 3.05) is 11.4 Å². The number of benzene rings is 1. The highest BCUT2D eigenvalue weighted by Crippen LogP contribution is 2.21. The number of anilines is 1. The van der Waals surface area contributed by atoms with Gasteiger partial charge in [0.1, 0.15) is 0 Å². The molecule has 0 radical (unpaired) electrons. The first-order valence-corrected chi connectivity index (χ1v) is 6.66. The Hall–Kier alpha value is -1.35. The van der Waals surface area contributed by atoms with Crippen LogP contribution >= 0.6 is 0 Å². The average molecular weight is 248 g/mol. The summed E-state index contributed by atoms with van der Waals surface area (Å²) >= 11 is 0. The second kappa shape index (κ2) is 6.01. The van der Waals surface area contributed by atoms with Crippen molar-refractivity contribution in [3.8, 4) is 0 Å². The molecule has 0 spiro atoms. The summed E-state index contributed by atoms with van der Waals surface area (Å²) in [7, 11) is 0. The molecule has 0 heterocycles. The highest BCUT2D eigenvalue weighted by Gasteiger charge is 2.34. The van der Waals surface area contributed by atoms with Crippen LogP contribution < -0.4 is 10.6 Å². The summed E-state index contributed by atoms with van der Waals surface area (Å²) in [5, 5.41) is 0. The van der Waals surface area contributed by atoms with Gasteiger partial charge in [0.2, 0.25) is 5.91 Å². The third-order valence-corrected chi connectivity index (χ3v) is 3.59. The Morgan fingerprint density at radius 2 is 1.67 bits per heavy atom. The molecule has 0 atom stereocenters. The van der Waals surface area contributed by atoms with Crippen molar-refractivity contribution in [2.45, 2.75) is 46.1 Å². The number of hydrogen-bond acceptors (Lipinski definition) is 2. The lowest BCUT2D eigenvalue weighted by Gasteiger charge is -2.32. The molecule has 0 aromatic heterocycles. The van der Waals surface area contributed by atoms with Gasteiger partial charge in [-0.05, 0) is 38.8 Å². The minimum absolute atomic E-state index is 0.0128. The molecule has 0 aliphatic carbocycles. The molecule has 3 heteroatoms. The van der Waals surface area contributed by atoms with Crippen molar-refractivity contribution in [3.05, 3.63) is 29.8 Å². The first-order chi connectivity index (χ1) is 8.48. The van der Waals surface area contributed by atoms with Gasteiger partial charge in [-0.2, -0.15) is 0 Å². The minimum Gasteiger partial charge on any atom is -0.317 e. The molecule has 0 saturated carbocycles. The van der Waals surface area contributed by atoms with Crippen molar-refractivity contribution in [3.63, 3.8) is 0 Å². The predicted molar refractivity (Wildman–Crippen MR) is 76.7 cm³/mol. The first-order valence-electron chi connectivity index (χ1n) is 6.66. The van der Waals surface area contributed by atoms with Gasteiger partial charge < -0.3 is 10.6 Å². The smallest absolute Gasteiger partial charge is 0.247 e. The van der Waals surface area contributed by atoms with Gasteiger partial charge in [0.05, 0.1) is 5.54 Å². The van der Waals surface area contributed by atoms with Gasteiger partial charge >= 0.3 is 0 Å². The number of hydrogen-bond donors (Lipinski definition) is 1. The largest absolute Gasteiger partial charge is 0.317 e. The number of aryl methyl sites for hydroxylation is 1. The van der Waals surface area contributed by atoms with E-state index >= 15 is 0 Å². The summed E-state index contributed by atoms with van der Waals surface area (Å²) in [6.45, 7) is 8.58. The molecule has 0 aliphatic rings. The van der Waals surface area contributed by atoms with Gasteiger partial charge in [0.25, 0.3) is 0 Å². The van der Waals surface area contributed by atoms with Crippen LogP contribution in [0.15, 0.2) is 24.3 Å². The summed E-state index contributed by atoms with van der Waals surface area (Å²) in [4.78, 5) is 14.3. The van der Waals surface area contributed by atoms with E-state index in [4.69, 9.17) is 5.73 Å². The molecule has 100 valence electrons. The molecule has 1 rings (SSSR count). The van der Waals surface area contributed by atoms with Gasteiger partial charge in [0.15, 0.2) is 0 Å². The predicted octanol–water partition coefficient (Wildman–Crippen LogP) is 2.87. The van der Waals surface area contributed by atoms with E-state index in [1.54, 1.807) is 4.90 Å². The molecule has 1 aromatic carbocycles. The second-order valence-corrected chi connectivity index (χ2v) is 4.75. The SMILES string of the molecule is CCN(C(=O)C(N)(CC)CC)c1ccc(C)cc1. The fraction of sp³-hybridized carbons (Fsp3) is 0.533. The van der Waals surface area contributed by atoms with Crippen molar-refractivity contribution in [1.29, 1.82) is 0 Å². The summed E-state index contributed by atoms with van der Waals surface area (Å²) in [5.41, 5.74) is 7.55. The lowest BCUT2D eigenvalue weighted by Crippen LogP contribution is -2.54. The quantitative estimate of drug-likeness (QED) is 0.871. The third-order valence-electron chi connectivity index (χ3n) is 3.59. The summed E-state index contributed by atoms with van der Waals surface area (Å²) in [5.74, 6) is 0.0128. The van der Waals surface area contributed by atoms with Crippen molar-refractivity contribution in [2.24, 2.45) is 5.73 Å². The fourth-order valence-electron chi connectivity index (χ4n) is 1.99. The van der Waals surface area contributed by atoms with E-state index < -0.39 is 5.54 Å². The van der Waals surface area contributed by atoms with Crippen LogP contribution in [0.3, 0.4) is 0 Å². The number of likely N-dealkylation sites (N-methyl/N-ethyl adjacent to an activating group) is 1. The summed E-state index contributed by atoms with van der Waals surface area (Å²) in [6.07, 6.45) is 1.31. The number of carbonyl (C=O) groups is 1. The maximum absolute atomic E-state index is 12.5. The lowest BCUT2D eigenvalue weighted by atomic mass is 9.92. The second-order valence-electron chi connectivity index (χ2n) is 4.75. The summed E-state index contributed by atoms with van der Waals surface area (Å²) < 4.78 is 0. The van der Waals surface area contributed by atoms with Crippen LogP contribution in [0, 0.1) is 6.92 Å². The molecule has 1 amide bonds. The standard InChI is InChI=1S/C15H24N2O/c1-5-15(16,6-2)14(18)17(7-3)13-10-8-12(4)9-11-13/h8-11H,5-7,16H2,1-4H3. The normalized spacial score (nSPS) is 11.4. The van der Waals surface area contributed by atoms with Crippen LogP contribution in [-0.4, -0.2) is 18.0 Å². The Labute approximate surface area is 110 Å². The monoisotopic (exact) mass is 248 g/mol. The first kappa shape index (κ1) is 14.7. The highest BCUT2D eigenvalue weighted by molar-refractivity contribution is 6.00. The number of nitrogens with zero attached hydrogens (tertiary/aromatic N) is 1. The maximum Gasteiger partial charge on any atom is 0.247 e. The zero-order chi connectivity index (χ0) is 13.8. The zero-order valence-corrected chi connectivity index (χ0v) is 11.9. The van der Waals surface area contributed by atoms with Crippen LogP contribution in [0.1, 0.15) is 39.2 Å². The lowest BCUT2D eigenvalue weighted by molar-refractivity contribution is -0.123. The van der Waals surface area contributed by atoms with E-state index in [2.05, 4.69) is 0 Å². The minimum atomic E-state index is -0.749. The molecule has 2 N–H and O–H groups in total. The van der Waals surface area contributed by atoms with E-state index in [-0.39, 0.29) is 5.91 Å². The molecule has 0 unspecified atom stereocenters. The Balaban J connectivity index is 3.03. The van der Waals surface area contributed by atoms with Crippen molar-refractivity contribution >= 4 is 11.6 Å². The van der Waals surface area contributed by atoms with Gasteiger partial charge in [0, 0.05) is 12.2 Å². The molecule has 3 nitrogen and oxygen atoms in total. The number of rotatable bonds is 5.